The maximum absolute atomic E-state index is 15.4. The van der Waals surface area contributed by atoms with E-state index in [9.17, 15) is 31.1 Å². The number of carbonyl (C=O) groups excluding carboxylic acids is 1. The molecule has 1 aliphatic carbocycles. The molecule has 2 N–H and O–H groups in total. The Hall–Kier alpha value is -3.78. The van der Waals surface area contributed by atoms with Gasteiger partial charge in [0.25, 0.3) is 5.91 Å². The zero-order valence-electron chi connectivity index (χ0n) is 20.9. The number of unbranched alkanes of at least 4 members (excludes halogenated alkanes) is 1. The highest BCUT2D eigenvalue weighted by molar-refractivity contribution is 6.27. The molecule has 2 aromatic heterocycles. The van der Waals surface area contributed by atoms with E-state index in [1.165, 1.54) is 12.1 Å². The van der Waals surface area contributed by atoms with Crippen LogP contribution in [0.1, 0.15) is 73.6 Å². The second-order valence-electron chi connectivity index (χ2n) is 10.0. The molecule has 1 aliphatic heterocycles. The Labute approximate surface area is 223 Å². The van der Waals surface area contributed by atoms with E-state index < -0.39 is 48.0 Å². The first-order valence-electron chi connectivity index (χ1n) is 12.7. The number of benzene rings is 1. The molecular formula is C25H24F7N7O. The van der Waals surface area contributed by atoms with Crippen LogP contribution in [-0.4, -0.2) is 48.7 Å². The van der Waals surface area contributed by atoms with Gasteiger partial charge in [0.2, 0.25) is 5.82 Å². The molecule has 0 radical (unpaired) electrons. The highest BCUT2D eigenvalue weighted by Crippen LogP contribution is 2.50. The minimum absolute atomic E-state index is 0.0460. The molecule has 0 bridgehead atoms. The fourth-order valence-corrected chi connectivity index (χ4v) is 5.07. The van der Waals surface area contributed by atoms with Crippen molar-refractivity contribution in [1.82, 2.24) is 35.7 Å². The number of halogens is 7. The van der Waals surface area contributed by atoms with E-state index >= 15 is 4.39 Å². The maximum Gasteiger partial charge on any atom is 0.416 e. The Bertz CT molecular complexity index is 1410. The van der Waals surface area contributed by atoms with Gasteiger partial charge in [-0.1, -0.05) is 12.1 Å². The van der Waals surface area contributed by atoms with Crippen LogP contribution in [0.3, 0.4) is 0 Å². The van der Waals surface area contributed by atoms with Crippen molar-refractivity contribution in [2.24, 2.45) is 0 Å². The molecule has 0 spiro atoms. The highest BCUT2D eigenvalue weighted by atomic mass is 19.4. The second kappa shape index (κ2) is 10.3. The molecule has 1 aromatic carbocycles. The monoisotopic (exact) mass is 571 g/mol. The third-order valence-electron chi connectivity index (χ3n) is 7.39. The van der Waals surface area contributed by atoms with E-state index in [0.717, 1.165) is 31.4 Å². The molecule has 1 fully saturated rings. The molecule has 3 heterocycles. The number of nitrogens with one attached hydrogen (secondary N) is 2. The first-order valence-corrected chi connectivity index (χ1v) is 12.7. The Morgan fingerprint density at radius 3 is 2.45 bits per heavy atom. The minimum atomic E-state index is -5.15. The Morgan fingerprint density at radius 1 is 1.07 bits per heavy atom. The number of alkyl halides is 6. The van der Waals surface area contributed by atoms with Gasteiger partial charge in [0.1, 0.15) is 5.82 Å². The van der Waals surface area contributed by atoms with Crippen molar-refractivity contribution in [3.05, 3.63) is 58.9 Å². The Balaban J connectivity index is 1.53. The van der Waals surface area contributed by atoms with E-state index in [1.54, 1.807) is 10.9 Å². The van der Waals surface area contributed by atoms with Crippen LogP contribution in [-0.2, 0) is 16.8 Å². The topological polar surface area (TPSA) is 101 Å². The van der Waals surface area contributed by atoms with Gasteiger partial charge in [-0.25, -0.2) is 4.39 Å². The summed E-state index contributed by atoms with van der Waals surface area (Å²) in [7, 11) is 0. The summed E-state index contributed by atoms with van der Waals surface area (Å²) < 4.78 is 98.8. The maximum atomic E-state index is 15.4. The lowest BCUT2D eigenvalue weighted by molar-refractivity contribution is -0.202. The summed E-state index contributed by atoms with van der Waals surface area (Å²) in [5, 5.41) is 19.5. The molecule has 40 heavy (non-hydrogen) atoms. The van der Waals surface area contributed by atoms with Gasteiger partial charge in [-0.15, -0.1) is 10.2 Å². The molecule has 5 rings (SSSR count). The number of tetrazole rings is 1. The SMILES string of the molecule is O=C1N[C@@](c2ccc(CCCCC(F)(F)F)cc2F)(C(F)(F)F)CC(c2ccn(C3CCC3)n2)=C1c1nn[nH]n1. The number of rotatable bonds is 8. The largest absolute Gasteiger partial charge is 0.416 e. The van der Waals surface area contributed by atoms with Gasteiger partial charge < -0.3 is 5.32 Å². The van der Waals surface area contributed by atoms with Crippen molar-refractivity contribution in [3.63, 3.8) is 0 Å². The molecule has 15 heteroatoms. The zero-order valence-corrected chi connectivity index (χ0v) is 20.9. The summed E-state index contributed by atoms with van der Waals surface area (Å²) in [6.07, 6.45) is -7.14. The summed E-state index contributed by atoms with van der Waals surface area (Å²) in [4.78, 5) is 13.3. The van der Waals surface area contributed by atoms with E-state index in [2.05, 4.69) is 25.7 Å². The van der Waals surface area contributed by atoms with Crippen molar-refractivity contribution in [2.75, 3.05) is 0 Å². The number of hydrogen-bond donors (Lipinski definition) is 2. The molecular weight excluding hydrogens is 547 g/mol. The molecule has 214 valence electrons. The molecule has 8 nitrogen and oxygen atoms in total. The molecule has 1 atom stereocenters. The van der Waals surface area contributed by atoms with Gasteiger partial charge in [-0.05, 0) is 67.0 Å². The average Bonchev–Trinajstić information content (AvgIpc) is 3.52. The fourth-order valence-electron chi connectivity index (χ4n) is 5.07. The first kappa shape index (κ1) is 27.8. The third kappa shape index (κ3) is 5.32. The number of amides is 1. The van der Waals surface area contributed by atoms with Crippen molar-refractivity contribution in [1.29, 1.82) is 0 Å². The van der Waals surface area contributed by atoms with Crippen molar-refractivity contribution in [3.8, 4) is 0 Å². The molecule has 0 saturated heterocycles. The van der Waals surface area contributed by atoms with Gasteiger partial charge in [0, 0.05) is 24.6 Å². The highest BCUT2D eigenvalue weighted by Gasteiger charge is 2.61. The van der Waals surface area contributed by atoms with Crippen LogP contribution in [0.5, 0.6) is 0 Å². The molecule has 1 saturated carbocycles. The van der Waals surface area contributed by atoms with Crippen molar-refractivity contribution >= 4 is 17.1 Å². The third-order valence-corrected chi connectivity index (χ3v) is 7.39. The van der Waals surface area contributed by atoms with Gasteiger partial charge in [-0.2, -0.15) is 36.7 Å². The fraction of sp³-hybridized carbons (Fsp3) is 0.480. The predicted octanol–water partition coefficient (Wildman–Crippen LogP) is 5.42. The molecule has 2 aliphatic rings. The second-order valence-corrected chi connectivity index (χ2v) is 10.0. The summed E-state index contributed by atoms with van der Waals surface area (Å²) in [6, 6.07) is 4.61. The smallest absolute Gasteiger partial charge is 0.334 e. The van der Waals surface area contributed by atoms with Crippen LogP contribution >= 0.6 is 0 Å². The van der Waals surface area contributed by atoms with Gasteiger partial charge >= 0.3 is 12.4 Å². The van der Waals surface area contributed by atoms with Crippen LogP contribution in [0, 0.1) is 5.82 Å². The average molecular weight is 572 g/mol. The number of carbonyl (C=O) groups is 1. The van der Waals surface area contributed by atoms with Crippen LogP contribution in [0.2, 0.25) is 0 Å². The predicted molar refractivity (Wildman–Crippen MR) is 127 cm³/mol. The number of nitrogens with zero attached hydrogens (tertiary/aromatic N) is 5. The van der Waals surface area contributed by atoms with E-state index in [4.69, 9.17) is 0 Å². The van der Waals surface area contributed by atoms with Crippen LogP contribution < -0.4 is 5.32 Å². The van der Waals surface area contributed by atoms with Crippen molar-refractivity contribution < 1.29 is 35.5 Å². The summed E-state index contributed by atoms with van der Waals surface area (Å²) >= 11 is 0. The van der Waals surface area contributed by atoms with Crippen LogP contribution in [0.15, 0.2) is 30.5 Å². The number of hydrogen-bond acceptors (Lipinski definition) is 5. The number of aromatic nitrogens is 6. The zero-order chi connectivity index (χ0) is 28.7. The normalized spacial score (nSPS) is 20.5. The van der Waals surface area contributed by atoms with E-state index in [0.29, 0.717) is 0 Å². The Morgan fingerprint density at radius 2 is 1.85 bits per heavy atom. The summed E-state index contributed by atoms with van der Waals surface area (Å²) in [5.74, 6) is -2.67. The van der Waals surface area contributed by atoms with Gasteiger partial charge in [0.05, 0.1) is 17.3 Å². The number of aryl methyl sites for hydroxylation is 1. The number of H-pyrrole nitrogens is 1. The minimum Gasteiger partial charge on any atom is -0.334 e. The quantitative estimate of drug-likeness (QED) is 0.278. The Kier molecular flexibility index (Phi) is 7.17. The lowest BCUT2D eigenvalue weighted by Gasteiger charge is -2.41. The molecule has 0 unspecified atom stereocenters. The number of aromatic amines is 1. The van der Waals surface area contributed by atoms with E-state index in [1.807, 2.05) is 5.32 Å². The lowest BCUT2D eigenvalue weighted by Crippen LogP contribution is -2.59. The van der Waals surface area contributed by atoms with Crippen LogP contribution in [0.25, 0.3) is 11.1 Å². The van der Waals surface area contributed by atoms with E-state index in [-0.39, 0.29) is 53.5 Å². The van der Waals surface area contributed by atoms with Crippen molar-refractivity contribution in [2.45, 2.75) is 75.3 Å². The van der Waals surface area contributed by atoms with Gasteiger partial charge in [0.15, 0.2) is 5.54 Å². The lowest BCUT2D eigenvalue weighted by atomic mass is 9.77. The standard InChI is InChI=1S/C25H24F7N7O/c26-18-12-14(4-1-2-10-24(27,28)29)7-8-17(18)23(25(30,31)32)13-16(19-9-11-39(36-19)15-5-3-6-15)20(22(40)33-23)21-34-37-38-35-21/h7-9,11-12,15H,1-6,10,13H2,(H,33,40)(H,34,35,37,38)/t23-/m0/s1. The van der Waals surface area contributed by atoms with Gasteiger partial charge in [-0.3, -0.25) is 9.48 Å². The van der Waals surface area contributed by atoms with Crippen LogP contribution in [0.4, 0.5) is 30.7 Å². The summed E-state index contributed by atoms with van der Waals surface area (Å²) in [6.45, 7) is 0. The summed E-state index contributed by atoms with van der Waals surface area (Å²) in [5.41, 5.74) is -4.05. The first-order chi connectivity index (χ1) is 18.9. The molecule has 3 aromatic rings. The molecule has 1 amide bonds.